The second-order valence-electron chi connectivity index (χ2n) is 5.20. The fourth-order valence-corrected chi connectivity index (χ4v) is 3.06. The summed E-state index contributed by atoms with van der Waals surface area (Å²) >= 11 is 0. The number of carbonyl (C=O) groups excluding carboxylic acids is 1. The van der Waals surface area contributed by atoms with Crippen LogP contribution in [0.25, 0.3) is 10.9 Å². The van der Waals surface area contributed by atoms with Crippen molar-refractivity contribution in [2.24, 2.45) is 0 Å². The highest BCUT2D eigenvalue weighted by atomic mass is 16.5. The van der Waals surface area contributed by atoms with Crippen molar-refractivity contribution in [1.29, 1.82) is 0 Å². The summed E-state index contributed by atoms with van der Waals surface area (Å²) in [5, 5.41) is 4.53. The minimum atomic E-state index is -0.239. The Morgan fingerprint density at radius 1 is 1.30 bits per heavy atom. The zero-order valence-corrected chi connectivity index (χ0v) is 11.7. The van der Waals surface area contributed by atoms with E-state index in [9.17, 15) is 4.79 Å². The third-order valence-electron chi connectivity index (χ3n) is 3.97. The van der Waals surface area contributed by atoms with Gasteiger partial charge in [0, 0.05) is 10.9 Å². The lowest BCUT2D eigenvalue weighted by atomic mass is 9.88. The molecule has 2 heterocycles. The van der Waals surface area contributed by atoms with E-state index in [1.54, 1.807) is 0 Å². The lowest BCUT2D eigenvalue weighted by Crippen LogP contribution is -2.27. The Balaban J connectivity index is 2.09. The lowest BCUT2D eigenvalue weighted by Gasteiger charge is -2.23. The van der Waals surface area contributed by atoms with Crippen LogP contribution in [0.15, 0.2) is 24.3 Å². The van der Waals surface area contributed by atoms with Crippen molar-refractivity contribution in [3.05, 3.63) is 35.5 Å². The molecule has 2 N–H and O–H groups in total. The maximum atomic E-state index is 12.2. The Labute approximate surface area is 118 Å². The van der Waals surface area contributed by atoms with Crippen molar-refractivity contribution >= 4 is 16.9 Å². The first-order valence-corrected chi connectivity index (χ1v) is 7.29. The van der Waals surface area contributed by atoms with Gasteiger partial charge >= 0.3 is 5.97 Å². The number of ether oxygens (including phenoxy) is 1. The van der Waals surface area contributed by atoms with Crippen molar-refractivity contribution < 1.29 is 9.53 Å². The third-order valence-corrected chi connectivity index (χ3v) is 3.97. The highest BCUT2D eigenvalue weighted by Crippen LogP contribution is 2.34. The van der Waals surface area contributed by atoms with Crippen LogP contribution < -0.4 is 5.32 Å². The summed E-state index contributed by atoms with van der Waals surface area (Å²) in [7, 11) is 0. The van der Waals surface area contributed by atoms with E-state index >= 15 is 0 Å². The van der Waals surface area contributed by atoms with Crippen molar-refractivity contribution in [2.75, 3.05) is 19.7 Å². The van der Waals surface area contributed by atoms with Gasteiger partial charge in [0.1, 0.15) is 5.69 Å². The Hall–Kier alpha value is -1.81. The predicted octanol–water partition coefficient (Wildman–Crippen LogP) is 2.81. The van der Waals surface area contributed by atoms with Gasteiger partial charge in [-0.25, -0.2) is 4.79 Å². The van der Waals surface area contributed by atoms with Crippen LogP contribution in [0.5, 0.6) is 0 Å². The molecule has 0 radical (unpaired) electrons. The summed E-state index contributed by atoms with van der Waals surface area (Å²) in [4.78, 5) is 15.5. The first-order valence-electron chi connectivity index (χ1n) is 7.29. The Morgan fingerprint density at radius 2 is 2.05 bits per heavy atom. The summed E-state index contributed by atoms with van der Waals surface area (Å²) in [6.07, 6.45) is 2.13. The van der Waals surface area contributed by atoms with Crippen molar-refractivity contribution in [1.82, 2.24) is 10.3 Å². The Kier molecular flexibility index (Phi) is 3.74. The van der Waals surface area contributed by atoms with Gasteiger partial charge in [-0.05, 0) is 50.4 Å². The number of piperidine rings is 1. The SMILES string of the molecule is CCOC(=O)c1[nH]c2ccccc2c1C1CCNCC1. The lowest BCUT2D eigenvalue weighted by molar-refractivity contribution is 0.0518. The number of benzene rings is 1. The second kappa shape index (κ2) is 5.67. The van der Waals surface area contributed by atoms with Crippen LogP contribution in [0.2, 0.25) is 0 Å². The van der Waals surface area contributed by atoms with Crippen molar-refractivity contribution in [2.45, 2.75) is 25.7 Å². The minimum absolute atomic E-state index is 0.239. The standard InChI is InChI=1S/C16H20N2O2/c1-2-20-16(19)15-14(11-7-9-17-10-8-11)12-5-3-4-6-13(12)18-15/h3-6,11,17-18H,2,7-10H2,1H3. The van der Waals surface area contributed by atoms with Crippen LogP contribution in [0.3, 0.4) is 0 Å². The molecule has 0 aliphatic carbocycles. The minimum Gasteiger partial charge on any atom is -0.461 e. The molecule has 4 heteroatoms. The molecule has 3 rings (SSSR count). The van der Waals surface area contributed by atoms with Crippen LogP contribution in [-0.2, 0) is 4.74 Å². The van der Waals surface area contributed by atoms with Gasteiger partial charge in [0.05, 0.1) is 6.61 Å². The molecule has 1 aromatic heterocycles. The van der Waals surface area contributed by atoms with Gasteiger partial charge in [0.25, 0.3) is 0 Å². The third kappa shape index (κ3) is 2.31. The number of nitrogens with one attached hydrogen (secondary N) is 2. The maximum Gasteiger partial charge on any atom is 0.355 e. The molecule has 1 saturated heterocycles. The van der Waals surface area contributed by atoms with Crippen molar-refractivity contribution in [3.8, 4) is 0 Å². The maximum absolute atomic E-state index is 12.2. The second-order valence-corrected chi connectivity index (χ2v) is 5.20. The van der Waals surface area contributed by atoms with E-state index in [0.717, 1.165) is 42.4 Å². The molecule has 2 aromatic rings. The van der Waals surface area contributed by atoms with E-state index < -0.39 is 0 Å². The van der Waals surface area contributed by atoms with Gasteiger partial charge in [-0.2, -0.15) is 0 Å². The van der Waals surface area contributed by atoms with E-state index in [-0.39, 0.29) is 5.97 Å². The Morgan fingerprint density at radius 3 is 2.80 bits per heavy atom. The summed E-state index contributed by atoms with van der Waals surface area (Å²) in [5.41, 5.74) is 2.80. The summed E-state index contributed by atoms with van der Waals surface area (Å²) in [5.74, 6) is 0.184. The normalized spacial score (nSPS) is 16.4. The molecule has 106 valence electrons. The number of para-hydroxylation sites is 1. The molecule has 0 unspecified atom stereocenters. The molecule has 1 aliphatic heterocycles. The summed E-state index contributed by atoms with van der Waals surface area (Å²) in [6, 6.07) is 8.12. The van der Waals surface area contributed by atoms with Gasteiger partial charge in [-0.1, -0.05) is 18.2 Å². The van der Waals surface area contributed by atoms with Gasteiger partial charge in [0.15, 0.2) is 0 Å². The largest absolute Gasteiger partial charge is 0.461 e. The fraction of sp³-hybridized carbons (Fsp3) is 0.438. The molecule has 4 nitrogen and oxygen atoms in total. The van der Waals surface area contributed by atoms with E-state index in [1.807, 2.05) is 25.1 Å². The molecule has 0 atom stereocenters. The number of rotatable bonds is 3. The molecule has 1 aliphatic rings. The molecule has 1 aromatic carbocycles. The quantitative estimate of drug-likeness (QED) is 0.845. The molecule has 0 bridgehead atoms. The molecule has 0 saturated carbocycles. The number of hydrogen-bond acceptors (Lipinski definition) is 3. The molecular weight excluding hydrogens is 252 g/mol. The van der Waals surface area contributed by atoms with Crippen LogP contribution in [0.4, 0.5) is 0 Å². The van der Waals surface area contributed by atoms with E-state index in [0.29, 0.717) is 18.2 Å². The summed E-state index contributed by atoms with van der Waals surface area (Å²) < 4.78 is 5.20. The summed E-state index contributed by atoms with van der Waals surface area (Å²) in [6.45, 7) is 4.25. The predicted molar refractivity (Wildman–Crippen MR) is 79.1 cm³/mol. The molecule has 0 amide bonds. The van der Waals surface area contributed by atoms with E-state index in [1.165, 1.54) is 0 Å². The number of aromatic nitrogens is 1. The average molecular weight is 272 g/mol. The zero-order valence-electron chi connectivity index (χ0n) is 11.7. The smallest absolute Gasteiger partial charge is 0.355 e. The van der Waals surface area contributed by atoms with Gasteiger partial charge in [0.2, 0.25) is 0 Å². The number of hydrogen-bond donors (Lipinski definition) is 2. The van der Waals surface area contributed by atoms with Crippen molar-refractivity contribution in [3.63, 3.8) is 0 Å². The number of fused-ring (bicyclic) bond motifs is 1. The monoisotopic (exact) mass is 272 g/mol. The molecule has 20 heavy (non-hydrogen) atoms. The average Bonchev–Trinajstić information content (AvgIpc) is 2.88. The zero-order chi connectivity index (χ0) is 13.9. The molecule has 0 spiro atoms. The van der Waals surface area contributed by atoms with Crippen LogP contribution in [-0.4, -0.2) is 30.6 Å². The van der Waals surface area contributed by atoms with Crippen LogP contribution in [0, 0.1) is 0 Å². The molecule has 1 fully saturated rings. The van der Waals surface area contributed by atoms with Gasteiger partial charge < -0.3 is 15.0 Å². The van der Waals surface area contributed by atoms with Crippen LogP contribution in [0.1, 0.15) is 41.7 Å². The number of esters is 1. The Bertz CT molecular complexity index is 612. The van der Waals surface area contributed by atoms with E-state index in [4.69, 9.17) is 4.74 Å². The number of carbonyl (C=O) groups is 1. The fourth-order valence-electron chi connectivity index (χ4n) is 3.06. The molecular formula is C16H20N2O2. The number of H-pyrrole nitrogens is 1. The van der Waals surface area contributed by atoms with Gasteiger partial charge in [-0.15, -0.1) is 0 Å². The first kappa shape index (κ1) is 13.2. The highest BCUT2D eigenvalue weighted by molar-refractivity contribution is 5.98. The van der Waals surface area contributed by atoms with Gasteiger partial charge in [-0.3, -0.25) is 0 Å². The topological polar surface area (TPSA) is 54.1 Å². The van der Waals surface area contributed by atoms with Crippen LogP contribution >= 0.6 is 0 Å². The first-order chi connectivity index (χ1) is 9.81. The highest BCUT2D eigenvalue weighted by Gasteiger charge is 2.26. The van der Waals surface area contributed by atoms with E-state index in [2.05, 4.69) is 16.4 Å². The number of aromatic amines is 1.